The Bertz CT molecular complexity index is 456. The molecule has 2 heterocycles. The van der Waals surface area contributed by atoms with Crippen molar-refractivity contribution in [1.82, 2.24) is 15.0 Å². The zero-order valence-electron chi connectivity index (χ0n) is 12.6. The Morgan fingerprint density at radius 3 is 2.30 bits per heavy atom. The van der Waals surface area contributed by atoms with Gasteiger partial charge in [0.15, 0.2) is 0 Å². The molecule has 1 aliphatic heterocycles. The molecule has 1 aliphatic rings. The first-order valence-corrected chi connectivity index (χ1v) is 7.07. The standard InChI is InChI=1S/C13H24N6O/c1-9(20)13(2,3)18-11-15-10(14-4)16-12(17-11)19-7-5-6-8-19/h9,20H,5-8H2,1-4H3,(H2,14,15,16,17,18). The molecule has 1 unspecified atom stereocenters. The second kappa shape index (κ2) is 5.78. The van der Waals surface area contributed by atoms with Crippen LogP contribution in [0.15, 0.2) is 0 Å². The van der Waals surface area contributed by atoms with Gasteiger partial charge in [0.25, 0.3) is 0 Å². The first-order chi connectivity index (χ1) is 9.42. The summed E-state index contributed by atoms with van der Waals surface area (Å²) in [4.78, 5) is 15.3. The Labute approximate surface area is 119 Å². The number of aromatic nitrogens is 3. The van der Waals surface area contributed by atoms with E-state index in [0.29, 0.717) is 17.8 Å². The van der Waals surface area contributed by atoms with Crippen molar-refractivity contribution in [3.63, 3.8) is 0 Å². The van der Waals surface area contributed by atoms with Crippen LogP contribution in [0.1, 0.15) is 33.6 Å². The van der Waals surface area contributed by atoms with E-state index in [0.717, 1.165) is 13.1 Å². The molecule has 0 aromatic carbocycles. The van der Waals surface area contributed by atoms with E-state index in [2.05, 4.69) is 30.5 Å². The minimum atomic E-state index is -0.521. The number of aliphatic hydroxyl groups is 1. The highest BCUT2D eigenvalue weighted by atomic mass is 16.3. The zero-order valence-corrected chi connectivity index (χ0v) is 12.6. The summed E-state index contributed by atoms with van der Waals surface area (Å²) in [6.07, 6.45) is 1.82. The summed E-state index contributed by atoms with van der Waals surface area (Å²) in [6, 6.07) is 0. The summed E-state index contributed by atoms with van der Waals surface area (Å²) in [5.74, 6) is 1.70. The molecule has 0 aliphatic carbocycles. The number of nitrogens with zero attached hydrogens (tertiary/aromatic N) is 4. The molecule has 20 heavy (non-hydrogen) atoms. The third kappa shape index (κ3) is 3.27. The van der Waals surface area contributed by atoms with Crippen molar-refractivity contribution in [1.29, 1.82) is 0 Å². The maximum Gasteiger partial charge on any atom is 0.231 e. The zero-order chi connectivity index (χ0) is 14.8. The fraction of sp³-hybridized carbons (Fsp3) is 0.769. The fourth-order valence-corrected chi connectivity index (χ4v) is 1.98. The molecule has 1 fully saturated rings. The van der Waals surface area contributed by atoms with Crippen molar-refractivity contribution in [3.05, 3.63) is 0 Å². The van der Waals surface area contributed by atoms with Crippen molar-refractivity contribution in [3.8, 4) is 0 Å². The van der Waals surface area contributed by atoms with Gasteiger partial charge in [-0.15, -0.1) is 0 Å². The Kier molecular flexibility index (Phi) is 4.27. The molecule has 112 valence electrons. The highest BCUT2D eigenvalue weighted by Gasteiger charge is 2.26. The summed E-state index contributed by atoms with van der Waals surface area (Å²) in [7, 11) is 1.78. The molecular formula is C13H24N6O. The van der Waals surface area contributed by atoms with Crippen LogP contribution < -0.4 is 15.5 Å². The quantitative estimate of drug-likeness (QED) is 0.744. The van der Waals surface area contributed by atoms with Gasteiger partial charge in [0.1, 0.15) is 0 Å². The summed E-state index contributed by atoms with van der Waals surface area (Å²) in [5, 5.41) is 15.9. The average molecular weight is 280 g/mol. The number of rotatable bonds is 5. The summed E-state index contributed by atoms with van der Waals surface area (Å²) < 4.78 is 0. The predicted molar refractivity (Wildman–Crippen MR) is 80.2 cm³/mol. The molecule has 3 N–H and O–H groups in total. The summed E-state index contributed by atoms with van der Waals surface area (Å²) >= 11 is 0. The van der Waals surface area contributed by atoms with Crippen molar-refractivity contribution in [2.75, 3.05) is 35.7 Å². The number of hydrogen-bond donors (Lipinski definition) is 3. The minimum absolute atomic E-state index is 0.483. The number of aliphatic hydroxyl groups excluding tert-OH is 1. The molecule has 0 spiro atoms. The van der Waals surface area contributed by atoms with Crippen LogP contribution in [0.2, 0.25) is 0 Å². The van der Waals surface area contributed by atoms with E-state index in [1.165, 1.54) is 12.8 Å². The lowest BCUT2D eigenvalue weighted by molar-refractivity contribution is 0.132. The van der Waals surface area contributed by atoms with Gasteiger partial charge in [-0.1, -0.05) is 0 Å². The molecule has 1 aromatic heterocycles. The van der Waals surface area contributed by atoms with Gasteiger partial charge in [0.05, 0.1) is 11.6 Å². The highest BCUT2D eigenvalue weighted by molar-refractivity contribution is 5.45. The monoisotopic (exact) mass is 280 g/mol. The number of anilines is 3. The van der Waals surface area contributed by atoms with E-state index in [-0.39, 0.29) is 0 Å². The highest BCUT2D eigenvalue weighted by Crippen LogP contribution is 2.21. The lowest BCUT2D eigenvalue weighted by Gasteiger charge is -2.29. The third-order valence-electron chi connectivity index (χ3n) is 3.71. The van der Waals surface area contributed by atoms with Gasteiger partial charge in [0.2, 0.25) is 17.8 Å². The van der Waals surface area contributed by atoms with E-state index in [4.69, 9.17) is 0 Å². The van der Waals surface area contributed by atoms with Gasteiger partial charge in [0, 0.05) is 20.1 Å². The van der Waals surface area contributed by atoms with Crippen molar-refractivity contribution in [2.24, 2.45) is 0 Å². The van der Waals surface area contributed by atoms with Gasteiger partial charge in [-0.2, -0.15) is 15.0 Å². The molecule has 7 nitrogen and oxygen atoms in total. The summed E-state index contributed by atoms with van der Waals surface area (Å²) in [5.41, 5.74) is -0.505. The van der Waals surface area contributed by atoms with Crippen LogP contribution in [0.25, 0.3) is 0 Å². The largest absolute Gasteiger partial charge is 0.391 e. The van der Waals surface area contributed by atoms with Crippen LogP contribution in [-0.2, 0) is 0 Å². The Balaban J connectivity index is 2.26. The Morgan fingerprint density at radius 2 is 1.75 bits per heavy atom. The number of nitrogens with one attached hydrogen (secondary N) is 2. The molecular weight excluding hydrogens is 256 g/mol. The van der Waals surface area contributed by atoms with Crippen molar-refractivity contribution in [2.45, 2.75) is 45.3 Å². The summed E-state index contributed by atoms with van der Waals surface area (Å²) in [6.45, 7) is 7.53. The molecule has 1 atom stereocenters. The van der Waals surface area contributed by atoms with Gasteiger partial charge < -0.3 is 20.6 Å². The second-order valence-electron chi connectivity index (χ2n) is 5.75. The average Bonchev–Trinajstić information content (AvgIpc) is 2.91. The lowest BCUT2D eigenvalue weighted by Crippen LogP contribution is -2.42. The van der Waals surface area contributed by atoms with E-state index in [1.54, 1.807) is 14.0 Å². The van der Waals surface area contributed by atoms with E-state index in [1.807, 2.05) is 13.8 Å². The molecule has 0 saturated carbocycles. The lowest BCUT2D eigenvalue weighted by atomic mass is 9.99. The first-order valence-electron chi connectivity index (χ1n) is 7.07. The first kappa shape index (κ1) is 14.8. The van der Waals surface area contributed by atoms with Crippen LogP contribution >= 0.6 is 0 Å². The van der Waals surface area contributed by atoms with Gasteiger partial charge in [-0.3, -0.25) is 0 Å². The topological polar surface area (TPSA) is 86.2 Å². The van der Waals surface area contributed by atoms with Gasteiger partial charge in [-0.05, 0) is 33.6 Å². The maximum atomic E-state index is 9.79. The molecule has 1 saturated heterocycles. The molecule has 1 aromatic rings. The predicted octanol–water partition coefficient (Wildman–Crippen LogP) is 1.08. The van der Waals surface area contributed by atoms with E-state index < -0.39 is 11.6 Å². The van der Waals surface area contributed by atoms with Crippen LogP contribution in [0.5, 0.6) is 0 Å². The third-order valence-corrected chi connectivity index (χ3v) is 3.71. The van der Waals surface area contributed by atoms with Crippen LogP contribution in [0.3, 0.4) is 0 Å². The fourth-order valence-electron chi connectivity index (χ4n) is 1.98. The SMILES string of the molecule is CNc1nc(NC(C)(C)C(C)O)nc(N2CCCC2)n1. The van der Waals surface area contributed by atoms with Gasteiger partial charge in [-0.25, -0.2) is 0 Å². The van der Waals surface area contributed by atoms with Crippen molar-refractivity contribution >= 4 is 17.8 Å². The molecule has 2 rings (SSSR count). The van der Waals surface area contributed by atoms with E-state index in [9.17, 15) is 5.11 Å². The normalized spacial score (nSPS) is 17.1. The Hall–Kier alpha value is -1.63. The van der Waals surface area contributed by atoms with Gasteiger partial charge >= 0.3 is 0 Å². The maximum absolute atomic E-state index is 9.79. The smallest absolute Gasteiger partial charge is 0.231 e. The van der Waals surface area contributed by atoms with Crippen LogP contribution in [0.4, 0.5) is 17.8 Å². The van der Waals surface area contributed by atoms with Crippen LogP contribution in [0, 0.1) is 0 Å². The molecule has 7 heteroatoms. The Morgan fingerprint density at radius 1 is 1.15 bits per heavy atom. The van der Waals surface area contributed by atoms with Crippen molar-refractivity contribution < 1.29 is 5.11 Å². The van der Waals surface area contributed by atoms with Crippen LogP contribution in [-0.4, -0.2) is 51.8 Å². The minimum Gasteiger partial charge on any atom is -0.391 e. The molecule has 0 bridgehead atoms. The number of hydrogen-bond acceptors (Lipinski definition) is 7. The molecule has 0 radical (unpaired) electrons. The molecule has 0 amide bonds. The second-order valence-corrected chi connectivity index (χ2v) is 5.75. The van der Waals surface area contributed by atoms with E-state index >= 15 is 0 Å².